The van der Waals surface area contributed by atoms with Crippen LogP contribution in [-0.2, 0) is 33.2 Å². The number of aliphatic hydroxyl groups excluding tert-OH is 11. The summed E-state index contributed by atoms with van der Waals surface area (Å²) in [5, 5.41) is 120. The number of carbonyl (C=O) groups is 1. The van der Waals surface area contributed by atoms with E-state index in [0.29, 0.717) is 12.8 Å². The second-order valence-corrected chi connectivity index (χ2v) is 23.2. The molecule has 17 unspecified atom stereocenters. The Balaban J connectivity index is 1.50. The summed E-state index contributed by atoms with van der Waals surface area (Å²) in [6.45, 7) is 1.71. The quantitative estimate of drug-likeness (QED) is 0.0218. The van der Waals surface area contributed by atoms with Crippen molar-refractivity contribution in [2.75, 3.05) is 26.4 Å². The largest absolute Gasteiger partial charge is 0.394 e. The van der Waals surface area contributed by atoms with Crippen LogP contribution in [0.2, 0.25) is 0 Å². The lowest BCUT2D eigenvalue weighted by Crippen LogP contribution is -2.66. The first-order valence-electron chi connectivity index (χ1n) is 32.2. The van der Waals surface area contributed by atoms with Crippen LogP contribution in [0.3, 0.4) is 0 Å². The van der Waals surface area contributed by atoms with E-state index >= 15 is 0 Å². The van der Waals surface area contributed by atoms with E-state index in [4.69, 9.17) is 28.4 Å². The number of ether oxygens (including phenoxy) is 6. The second-order valence-electron chi connectivity index (χ2n) is 23.2. The van der Waals surface area contributed by atoms with E-state index in [0.717, 1.165) is 44.9 Å². The number of hydrogen-bond donors (Lipinski definition) is 12. The van der Waals surface area contributed by atoms with Crippen LogP contribution in [-0.4, -0.2) is 193 Å². The average Bonchev–Trinajstić information content (AvgIpc) is 3.17. The van der Waals surface area contributed by atoms with Crippen molar-refractivity contribution in [3.8, 4) is 0 Å². The molecule has 480 valence electrons. The minimum atomic E-state index is -1.98. The highest BCUT2D eigenvalue weighted by atomic mass is 16.8. The molecule has 3 aliphatic heterocycles. The lowest BCUT2D eigenvalue weighted by Gasteiger charge is -2.48. The van der Waals surface area contributed by atoms with Crippen LogP contribution >= 0.6 is 0 Å². The Kier molecular flexibility index (Phi) is 41.8. The highest BCUT2D eigenvalue weighted by Gasteiger charge is 2.53. The van der Waals surface area contributed by atoms with Crippen molar-refractivity contribution in [1.29, 1.82) is 0 Å². The van der Waals surface area contributed by atoms with Crippen LogP contribution in [0.4, 0.5) is 0 Å². The van der Waals surface area contributed by atoms with Gasteiger partial charge in [-0.3, -0.25) is 4.79 Å². The van der Waals surface area contributed by atoms with Gasteiger partial charge < -0.3 is 89.9 Å². The van der Waals surface area contributed by atoms with E-state index in [2.05, 4.69) is 43.5 Å². The minimum Gasteiger partial charge on any atom is -0.394 e. The Morgan fingerprint density at radius 1 is 0.427 bits per heavy atom. The molecular formula is C63H115NO18. The fourth-order valence-corrected chi connectivity index (χ4v) is 10.9. The van der Waals surface area contributed by atoms with E-state index < -0.39 is 124 Å². The molecule has 3 rings (SSSR count). The van der Waals surface area contributed by atoms with Gasteiger partial charge in [0.25, 0.3) is 0 Å². The van der Waals surface area contributed by atoms with Crippen molar-refractivity contribution in [2.45, 2.75) is 330 Å². The summed E-state index contributed by atoms with van der Waals surface area (Å²) in [4.78, 5) is 13.4. The van der Waals surface area contributed by atoms with Gasteiger partial charge in [-0.25, -0.2) is 0 Å². The molecular weight excluding hydrogens is 1060 g/mol. The van der Waals surface area contributed by atoms with Gasteiger partial charge >= 0.3 is 0 Å². The summed E-state index contributed by atoms with van der Waals surface area (Å²) >= 11 is 0. The van der Waals surface area contributed by atoms with E-state index in [9.17, 15) is 61.0 Å². The Labute approximate surface area is 491 Å². The van der Waals surface area contributed by atoms with Crippen molar-refractivity contribution in [3.63, 3.8) is 0 Å². The van der Waals surface area contributed by atoms with Crippen LogP contribution in [0, 0.1) is 0 Å². The van der Waals surface area contributed by atoms with Gasteiger partial charge in [0.05, 0.1) is 38.6 Å². The summed E-state index contributed by atoms with van der Waals surface area (Å²) in [6.07, 6.45) is 24.1. The van der Waals surface area contributed by atoms with Gasteiger partial charge in [-0.1, -0.05) is 211 Å². The van der Waals surface area contributed by atoms with Crippen molar-refractivity contribution in [3.05, 3.63) is 36.5 Å². The SMILES string of the molecule is CCCCCCCCCCC/C=C/CC/C=C/CC/C=C/C(O)C(COC1OC(CO)C(OC2OC(CO)C(OC3OC(CO)C(O)C(O)C3O)C(O)C2O)C(O)C1O)NC(=O)CCCCCCCCCCCCCCCCCCCC. The average molecular weight is 1170 g/mol. The summed E-state index contributed by atoms with van der Waals surface area (Å²) in [7, 11) is 0. The van der Waals surface area contributed by atoms with Crippen molar-refractivity contribution in [1.82, 2.24) is 5.32 Å². The van der Waals surface area contributed by atoms with E-state index in [1.54, 1.807) is 6.08 Å². The Morgan fingerprint density at radius 3 is 1.22 bits per heavy atom. The maximum Gasteiger partial charge on any atom is 0.220 e. The van der Waals surface area contributed by atoms with Gasteiger partial charge in [0.2, 0.25) is 5.91 Å². The van der Waals surface area contributed by atoms with Crippen molar-refractivity contribution < 1.29 is 89.4 Å². The maximum atomic E-state index is 13.4. The molecule has 0 aromatic rings. The van der Waals surface area contributed by atoms with Crippen LogP contribution in [0.25, 0.3) is 0 Å². The van der Waals surface area contributed by atoms with Gasteiger partial charge in [-0.15, -0.1) is 0 Å². The van der Waals surface area contributed by atoms with Crippen LogP contribution in [0.15, 0.2) is 36.5 Å². The summed E-state index contributed by atoms with van der Waals surface area (Å²) in [5.41, 5.74) is 0. The van der Waals surface area contributed by atoms with Crippen molar-refractivity contribution in [2.24, 2.45) is 0 Å². The summed E-state index contributed by atoms with van der Waals surface area (Å²) < 4.78 is 34.3. The zero-order valence-electron chi connectivity index (χ0n) is 50.2. The molecule has 0 saturated carbocycles. The molecule has 3 heterocycles. The first-order chi connectivity index (χ1) is 39.8. The molecule has 0 aromatic heterocycles. The molecule has 0 bridgehead atoms. The molecule has 0 spiro atoms. The lowest BCUT2D eigenvalue weighted by molar-refractivity contribution is -0.379. The van der Waals surface area contributed by atoms with Gasteiger partial charge in [0, 0.05) is 6.42 Å². The van der Waals surface area contributed by atoms with Gasteiger partial charge in [0.1, 0.15) is 73.2 Å². The molecule has 19 nitrogen and oxygen atoms in total. The summed E-state index contributed by atoms with van der Waals surface area (Å²) in [5.74, 6) is -0.287. The van der Waals surface area contributed by atoms with Crippen molar-refractivity contribution >= 4 is 5.91 Å². The monoisotopic (exact) mass is 1170 g/mol. The smallest absolute Gasteiger partial charge is 0.220 e. The zero-order valence-corrected chi connectivity index (χ0v) is 50.2. The zero-order chi connectivity index (χ0) is 59.7. The third kappa shape index (κ3) is 29.1. The van der Waals surface area contributed by atoms with Gasteiger partial charge in [-0.2, -0.15) is 0 Å². The maximum absolute atomic E-state index is 13.4. The third-order valence-electron chi connectivity index (χ3n) is 16.2. The Hall–Kier alpha value is -1.99. The number of aliphatic hydroxyl groups is 11. The first-order valence-corrected chi connectivity index (χ1v) is 32.2. The molecule has 19 heteroatoms. The highest BCUT2D eigenvalue weighted by molar-refractivity contribution is 5.76. The molecule has 82 heavy (non-hydrogen) atoms. The third-order valence-corrected chi connectivity index (χ3v) is 16.2. The number of rotatable bonds is 48. The molecule has 0 radical (unpaired) electrons. The van der Waals surface area contributed by atoms with E-state index in [1.807, 2.05) is 6.08 Å². The fraction of sp³-hybridized carbons (Fsp3) is 0.889. The van der Waals surface area contributed by atoms with E-state index in [-0.39, 0.29) is 18.9 Å². The molecule has 1 amide bonds. The number of nitrogens with one attached hydrogen (secondary N) is 1. The molecule has 3 fully saturated rings. The lowest BCUT2D eigenvalue weighted by atomic mass is 9.96. The normalized spacial score (nSPS) is 29.8. The highest BCUT2D eigenvalue weighted by Crippen LogP contribution is 2.33. The number of carbonyl (C=O) groups excluding carboxylic acids is 1. The van der Waals surface area contributed by atoms with Crippen LogP contribution in [0.1, 0.15) is 226 Å². The molecule has 3 aliphatic rings. The first kappa shape index (κ1) is 74.3. The van der Waals surface area contributed by atoms with Crippen LogP contribution in [0.5, 0.6) is 0 Å². The molecule has 12 N–H and O–H groups in total. The number of allylic oxidation sites excluding steroid dienone is 5. The number of unbranched alkanes of at least 4 members (excludes halogenated alkanes) is 28. The molecule has 17 atom stereocenters. The fourth-order valence-electron chi connectivity index (χ4n) is 10.9. The number of hydrogen-bond acceptors (Lipinski definition) is 18. The number of amides is 1. The van der Waals surface area contributed by atoms with Gasteiger partial charge in [0.15, 0.2) is 18.9 Å². The standard InChI is InChI=1S/C63H115NO18/c1-3-5-7-9-11-13-15-17-19-21-23-24-26-28-30-32-34-36-38-40-47(68)46(64-51(69)41-39-37-35-33-31-29-27-25-22-20-18-16-14-12-10-8-6-4-2)45-77-61-57(75)54(72)59(49(43-66)79-61)82-63-58(76)55(73)60(50(44-67)80-63)81-62-56(74)53(71)52(70)48(42-65)78-62/h23-24,30,32,38,40,46-50,52-63,65-68,70-76H,3-22,25-29,31,33-37,39,41-45H2,1-2H3,(H,64,69)/b24-23+,32-30+,40-38+. The predicted molar refractivity (Wildman–Crippen MR) is 314 cm³/mol. The summed E-state index contributed by atoms with van der Waals surface area (Å²) in [6, 6.07) is -0.993. The molecule has 0 aliphatic carbocycles. The Morgan fingerprint density at radius 2 is 0.780 bits per heavy atom. The van der Waals surface area contributed by atoms with E-state index in [1.165, 1.54) is 148 Å². The second kappa shape index (κ2) is 46.2. The van der Waals surface area contributed by atoms with Crippen LogP contribution < -0.4 is 5.32 Å². The van der Waals surface area contributed by atoms with Gasteiger partial charge in [-0.05, 0) is 44.9 Å². The molecule has 0 aromatic carbocycles. The topological polar surface area (TPSA) is 307 Å². The Bertz CT molecular complexity index is 1640. The predicted octanol–water partition coefficient (Wildman–Crippen LogP) is 6.88. The minimum absolute atomic E-state index is 0.235. The molecule has 3 saturated heterocycles.